The lowest BCUT2D eigenvalue weighted by atomic mass is 9.85. The first-order chi connectivity index (χ1) is 29.8. The van der Waals surface area contributed by atoms with Crippen LogP contribution in [0, 0.1) is 0 Å². The molecule has 1 aliphatic rings. The minimum Gasteiger partial charge on any atom is -0.462 e. The zero-order valence-corrected chi connectivity index (χ0v) is 38.4. The summed E-state index contributed by atoms with van der Waals surface area (Å²) in [4.78, 5) is 35.7. The molecule has 0 aromatic carbocycles. The third-order valence-corrected chi connectivity index (χ3v) is 11.4. The zero-order valence-electron chi connectivity index (χ0n) is 37.5. The van der Waals surface area contributed by atoms with Crippen LogP contribution in [0.1, 0.15) is 162 Å². The molecule has 62 heavy (non-hydrogen) atoms. The van der Waals surface area contributed by atoms with Crippen LogP contribution in [0.5, 0.6) is 0 Å². The van der Waals surface area contributed by atoms with Gasteiger partial charge in [-0.3, -0.25) is 18.6 Å². The van der Waals surface area contributed by atoms with E-state index >= 15 is 0 Å². The Morgan fingerprint density at radius 3 is 1.69 bits per heavy atom. The molecule has 7 N–H and O–H groups in total. The van der Waals surface area contributed by atoms with Gasteiger partial charge in [-0.15, -0.1) is 0 Å². The number of ether oxygens (including phenoxy) is 2. The van der Waals surface area contributed by atoms with Gasteiger partial charge in [0.05, 0.1) is 12.7 Å². The van der Waals surface area contributed by atoms with Gasteiger partial charge in [-0.05, 0) is 70.6 Å². The number of allylic oxidation sites excluding steroid dienone is 8. The summed E-state index contributed by atoms with van der Waals surface area (Å²) in [6.07, 6.45) is 27.4. The fourth-order valence-electron chi connectivity index (χ4n) is 6.65. The van der Waals surface area contributed by atoms with E-state index in [1.807, 2.05) is 37.3 Å². The number of esters is 2. The van der Waals surface area contributed by atoms with E-state index in [-0.39, 0.29) is 12.8 Å². The van der Waals surface area contributed by atoms with E-state index in [1.165, 1.54) is 19.3 Å². The SMILES string of the molecule is CC/C=C/CC(O)/C=C/C=C/CCCCCCCC(=O)O[C@H](COC(=O)CCCCCCCCC/C=C\C/C=C\CCCCC)COP(=O)(O)OC1[C@H](O)[C@H](O)C(O)[C@H](O)[C@H]1O. The summed E-state index contributed by atoms with van der Waals surface area (Å²) in [6.45, 7) is 3.03. The maximum atomic E-state index is 12.8. The lowest BCUT2D eigenvalue weighted by Crippen LogP contribution is -2.64. The lowest BCUT2D eigenvalue weighted by molar-refractivity contribution is -0.220. The summed E-state index contributed by atoms with van der Waals surface area (Å²) in [5, 5.41) is 60.0. The molecule has 0 radical (unpaired) electrons. The number of hydrogen-bond donors (Lipinski definition) is 7. The first-order valence-corrected chi connectivity index (χ1v) is 24.7. The summed E-state index contributed by atoms with van der Waals surface area (Å²) in [7, 11) is -5.14. The molecule has 0 spiro atoms. The van der Waals surface area contributed by atoms with E-state index in [0.29, 0.717) is 19.3 Å². The van der Waals surface area contributed by atoms with Gasteiger partial charge in [-0.25, -0.2) is 4.57 Å². The Balaban J connectivity index is 2.49. The lowest BCUT2D eigenvalue weighted by Gasteiger charge is -2.41. The molecule has 0 bridgehead atoms. The Bertz CT molecular complexity index is 1330. The number of phosphoric acid groups is 1. The Kier molecular flexibility index (Phi) is 34.2. The van der Waals surface area contributed by atoms with Crippen molar-refractivity contribution in [3.05, 3.63) is 60.8 Å². The Morgan fingerprint density at radius 2 is 1.11 bits per heavy atom. The van der Waals surface area contributed by atoms with Crippen LogP contribution in [-0.2, 0) is 32.7 Å². The average Bonchev–Trinajstić information content (AvgIpc) is 3.25. The highest BCUT2D eigenvalue weighted by molar-refractivity contribution is 7.47. The van der Waals surface area contributed by atoms with E-state index in [1.54, 1.807) is 6.08 Å². The molecule has 0 aromatic rings. The standard InChI is InChI=1S/C47H81O14P/c1-3-5-7-8-9-10-11-12-13-14-15-16-17-20-23-26-30-34-40(49)58-36-39(37-59-62(56,57)61-47-45(54)43(52)42(51)44(53)46(47)55)60-41(50)35-31-27-24-21-18-19-22-25-29-33-38(48)32-28-6-4-2/h6,9-10,12-13,22,25,28-29,33,38-39,42-48,51-55H,3-5,7-8,11,14-21,23-24,26-27,30-32,34-37H2,1-2H3,(H,56,57)/b10-9-,13-12-,25-22+,28-6+,33-29+/t38?,39-,42?,43-,44+,45-,46-,47?/m1/s1. The summed E-state index contributed by atoms with van der Waals surface area (Å²) >= 11 is 0. The van der Waals surface area contributed by atoms with Crippen LogP contribution in [0.2, 0.25) is 0 Å². The number of unbranched alkanes of at least 4 members (excludes halogenated alkanes) is 15. The fourth-order valence-corrected chi connectivity index (χ4v) is 7.62. The van der Waals surface area contributed by atoms with Crippen LogP contribution in [-0.4, -0.2) is 110 Å². The number of carbonyl (C=O) groups is 2. The average molecular weight is 901 g/mol. The molecule has 9 atom stereocenters. The van der Waals surface area contributed by atoms with Gasteiger partial charge in [0.1, 0.15) is 43.2 Å². The van der Waals surface area contributed by atoms with Crippen molar-refractivity contribution in [1.82, 2.24) is 0 Å². The summed E-state index contributed by atoms with van der Waals surface area (Å²) < 4.78 is 33.5. The number of hydrogen-bond acceptors (Lipinski definition) is 13. The zero-order chi connectivity index (χ0) is 45.9. The molecule has 1 saturated carbocycles. The molecule has 14 nitrogen and oxygen atoms in total. The van der Waals surface area contributed by atoms with E-state index in [4.69, 9.17) is 18.5 Å². The molecule has 0 aromatic heterocycles. The van der Waals surface area contributed by atoms with E-state index in [2.05, 4.69) is 31.2 Å². The number of rotatable bonds is 37. The number of aliphatic hydroxyl groups is 6. The first kappa shape index (κ1) is 57.5. The maximum absolute atomic E-state index is 12.8. The molecule has 0 aliphatic heterocycles. The van der Waals surface area contributed by atoms with Crippen molar-refractivity contribution in [3.63, 3.8) is 0 Å². The second-order valence-electron chi connectivity index (χ2n) is 16.1. The minimum atomic E-state index is -5.14. The predicted molar refractivity (Wildman–Crippen MR) is 241 cm³/mol. The molecular weight excluding hydrogens is 819 g/mol. The van der Waals surface area contributed by atoms with Crippen LogP contribution in [0.4, 0.5) is 0 Å². The van der Waals surface area contributed by atoms with Crippen molar-refractivity contribution in [3.8, 4) is 0 Å². The molecule has 4 unspecified atom stereocenters. The number of carbonyl (C=O) groups excluding carboxylic acids is 2. The molecule has 1 fully saturated rings. The molecule has 0 saturated heterocycles. The summed E-state index contributed by atoms with van der Waals surface area (Å²) in [5.41, 5.74) is 0. The topological polar surface area (TPSA) is 230 Å². The van der Waals surface area contributed by atoms with Gasteiger partial charge in [0.2, 0.25) is 0 Å². The third kappa shape index (κ3) is 29.1. The van der Waals surface area contributed by atoms with Gasteiger partial charge in [0.25, 0.3) is 0 Å². The minimum absolute atomic E-state index is 0.0459. The highest BCUT2D eigenvalue weighted by atomic mass is 31.2. The third-order valence-electron chi connectivity index (χ3n) is 10.4. The van der Waals surface area contributed by atoms with Crippen molar-refractivity contribution in [2.45, 2.75) is 210 Å². The van der Waals surface area contributed by atoms with E-state index in [9.17, 15) is 49.7 Å². The molecule has 358 valence electrons. The maximum Gasteiger partial charge on any atom is 0.472 e. The second kappa shape index (κ2) is 36.8. The first-order valence-electron chi connectivity index (χ1n) is 23.2. The molecule has 0 heterocycles. The van der Waals surface area contributed by atoms with Crippen LogP contribution in [0.3, 0.4) is 0 Å². The predicted octanol–water partition coefficient (Wildman–Crippen LogP) is 7.92. The quantitative estimate of drug-likeness (QED) is 0.0103. The molecule has 1 rings (SSSR count). The van der Waals surface area contributed by atoms with Crippen LogP contribution in [0.15, 0.2) is 60.8 Å². The molecular formula is C47H81O14P. The number of aliphatic hydroxyl groups excluding tert-OH is 6. The van der Waals surface area contributed by atoms with Crippen molar-refractivity contribution < 1.29 is 68.2 Å². The van der Waals surface area contributed by atoms with Gasteiger partial charge in [0.15, 0.2) is 6.10 Å². The largest absolute Gasteiger partial charge is 0.472 e. The molecule has 0 amide bonds. The van der Waals surface area contributed by atoms with Gasteiger partial charge >= 0.3 is 19.8 Å². The van der Waals surface area contributed by atoms with Crippen molar-refractivity contribution in [1.29, 1.82) is 0 Å². The molecule has 15 heteroatoms. The highest BCUT2D eigenvalue weighted by Crippen LogP contribution is 2.47. The van der Waals surface area contributed by atoms with Crippen LogP contribution in [0.25, 0.3) is 0 Å². The Morgan fingerprint density at radius 1 is 0.597 bits per heavy atom. The smallest absolute Gasteiger partial charge is 0.462 e. The van der Waals surface area contributed by atoms with Gasteiger partial charge in [0, 0.05) is 12.8 Å². The van der Waals surface area contributed by atoms with Crippen molar-refractivity contribution in [2.24, 2.45) is 0 Å². The molecule has 1 aliphatic carbocycles. The van der Waals surface area contributed by atoms with Crippen LogP contribution >= 0.6 is 7.82 Å². The van der Waals surface area contributed by atoms with Crippen LogP contribution < -0.4 is 0 Å². The van der Waals surface area contributed by atoms with Crippen molar-refractivity contribution >= 4 is 19.8 Å². The van der Waals surface area contributed by atoms with Gasteiger partial charge in [-0.2, -0.15) is 0 Å². The summed E-state index contributed by atoms with van der Waals surface area (Å²) in [6, 6.07) is 0. The van der Waals surface area contributed by atoms with Gasteiger partial charge < -0.3 is 45.0 Å². The second-order valence-corrected chi connectivity index (χ2v) is 17.5. The Hall–Kier alpha value is -2.49. The highest BCUT2D eigenvalue weighted by Gasteiger charge is 2.51. The normalized spacial score (nSPS) is 22.9. The number of phosphoric ester groups is 1. The van der Waals surface area contributed by atoms with Crippen molar-refractivity contribution in [2.75, 3.05) is 13.2 Å². The van der Waals surface area contributed by atoms with E-state index < -0.39 is 81.8 Å². The van der Waals surface area contributed by atoms with E-state index in [0.717, 1.165) is 96.3 Å². The Labute approximate surface area is 371 Å². The van der Waals surface area contributed by atoms with Gasteiger partial charge in [-0.1, -0.05) is 139 Å². The summed E-state index contributed by atoms with van der Waals surface area (Å²) in [5.74, 6) is -1.17. The fraction of sp³-hybridized carbons (Fsp3) is 0.745. The monoisotopic (exact) mass is 901 g/mol.